The number of halogens is 3. The topological polar surface area (TPSA) is 75.3 Å². The van der Waals surface area contributed by atoms with E-state index in [0.717, 1.165) is 12.1 Å². The van der Waals surface area contributed by atoms with E-state index in [1.54, 1.807) is 6.08 Å². The lowest BCUT2D eigenvalue weighted by atomic mass is 10.2. The molecule has 0 spiro atoms. The van der Waals surface area contributed by atoms with Crippen LogP contribution in [0.25, 0.3) is 0 Å². The molecule has 2 rings (SSSR count). The Hall–Kier alpha value is -1.87. The molecular weight excluding hydrogens is 309 g/mol. The molecule has 2 N–H and O–H groups in total. The fourth-order valence-corrected chi connectivity index (χ4v) is 2.94. The van der Waals surface area contributed by atoms with Crippen molar-refractivity contribution in [1.82, 2.24) is 10.0 Å². The lowest BCUT2D eigenvalue weighted by Crippen LogP contribution is -2.46. The summed E-state index contributed by atoms with van der Waals surface area (Å²) in [6.07, 6.45) is -1.40. The molecule has 0 fully saturated rings. The Labute approximate surface area is 118 Å². The number of benzene rings is 1. The predicted molar refractivity (Wildman–Crippen MR) is 67.5 cm³/mol. The molecule has 0 saturated heterocycles. The van der Waals surface area contributed by atoms with Crippen LogP contribution >= 0.6 is 0 Å². The van der Waals surface area contributed by atoms with Crippen molar-refractivity contribution in [2.45, 2.75) is 23.5 Å². The Morgan fingerprint density at radius 3 is 2.33 bits per heavy atom. The van der Waals surface area contributed by atoms with Gasteiger partial charge < -0.3 is 5.32 Å². The third kappa shape index (κ3) is 3.61. The Morgan fingerprint density at radius 2 is 1.81 bits per heavy atom. The zero-order chi connectivity index (χ0) is 15.7. The molecule has 1 heterocycles. The van der Waals surface area contributed by atoms with Gasteiger partial charge in [-0.05, 0) is 36.9 Å². The highest BCUT2D eigenvalue weighted by Gasteiger charge is 2.31. The van der Waals surface area contributed by atoms with Gasteiger partial charge in [-0.3, -0.25) is 4.79 Å². The van der Waals surface area contributed by atoms with E-state index in [4.69, 9.17) is 0 Å². The van der Waals surface area contributed by atoms with Crippen LogP contribution in [0.4, 0.5) is 13.2 Å². The monoisotopic (exact) mass is 320 g/mol. The summed E-state index contributed by atoms with van der Waals surface area (Å²) < 4.78 is 63.4. The maximum absolute atomic E-state index is 12.4. The first-order valence-electron chi connectivity index (χ1n) is 5.85. The summed E-state index contributed by atoms with van der Waals surface area (Å²) in [7, 11) is -4.07. The minimum Gasteiger partial charge on any atom is -0.332 e. The number of carbonyl (C=O) groups is 1. The highest BCUT2D eigenvalue weighted by atomic mass is 32.2. The average Bonchev–Trinajstić information content (AvgIpc) is 2.40. The zero-order valence-electron chi connectivity index (χ0n) is 10.5. The van der Waals surface area contributed by atoms with E-state index in [9.17, 15) is 26.4 Å². The van der Waals surface area contributed by atoms with Crippen molar-refractivity contribution < 1.29 is 26.4 Å². The number of amides is 1. The van der Waals surface area contributed by atoms with Crippen LogP contribution in [0, 0.1) is 0 Å². The van der Waals surface area contributed by atoms with E-state index >= 15 is 0 Å². The number of hydrogen-bond donors (Lipinski definition) is 2. The molecule has 1 unspecified atom stereocenters. The van der Waals surface area contributed by atoms with Gasteiger partial charge in [-0.15, -0.1) is 0 Å². The van der Waals surface area contributed by atoms with E-state index < -0.39 is 33.7 Å². The van der Waals surface area contributed by atoms with Crippen molar-refractivity contribution in [3.8, 4) is 0 Å². The minimum atomic E-state index is -4.54. The van der Waals surface area contributed by atoms with Gasteiger partial charge in [0.15, 0.2) is 0 Å². The standard InChI is InChI=1S/C12H11F3N2O3S/c13-12(14,15)8-3-5-9(6-4-8)21(19,20)17-10-2-1-7-16-11(10)18/h1,3-7,10,17H,2H2,(H,16,18). The number of nitrogens with one attached hydrogen (secondary N) is 2. The van der Waals surface area contributed by atoms with Crippen LogP contribution in [0.15, 0.2) is 41.4 Å². The smallest absolute Gasteiger partial charge is 0.332 e. The number of rotatable bonds is 3. The number of carbonyl (C=O) groups excluding carboxylic acids is 1. The van der Waals surface area contributed by atoms with Crippen molar-refractivity contribution in [1.29, 1.82) is 0 Å². The van der Waals surface area contributed by atoms with E-state index in [1.165, 1.54) is 6.20 Å². The molecular formula is C12H11F3N2O3S. The largest absolute Gasteiger partial charge is 0.416 e. The Balaban J connectivity index is 2.20. The van der Waals surface area contributed by atoms with Crippen molar-refractivity contribution >= 4 is 15.9 Å². The second-order valence-corrected chi connectivity index (χ2v) is 6.06. The van der Waals surface area contributed by atoms with E-state index in [2.05, 4.69) is 10.0 Å². The van der Waals surface area contributed by atoms with E-state index in [1.807, 2.05) is 0 Å². The SMILES string of the molecule is O=C1NC=CCC1NS(=O)(=O)c1ccc(C(F)(F)F)cc1. The molecule has 9 heteroatoms. The molecule has 114 valence electrons. The van der Waals surface area contributed by atoms with Crippen molar-refractivity contribution in [2.24, 2.45) is 0 Å². The van der Waals surface area contributed by atoms with Gasteiger partial charge in [0.05, 0.1) is 10.5 Å². The van der Waals surface area contributed by atoms with Gasteiger partial charge in [0.25, 0.3) is 0 Å². The lowest BCUT2D eigenvalue weighted by molar-refractivity contribution is -0.137. The van der Waals surface area contributed by atoms with Crippen LogP contribution < -0.4 is 10.0 Å². The first kappa shape index (κ1) is 15.5. The lowest BCUT2D eigenvalue weighted by Gasteiger charge is -2.19. The van der Waals surface area contributed by atoms with Crippen molar-refractivity contribution in [2.75, 3.05) is 0 Å². The third-order valence-corrected chi connectivity index (χ3v) is 4.31. The predicted octanol–water partition coefficient (Wildman–Crippen LogP) is 1.39. The molecule has 1 aromatic rings. The summed E-state index contributed by atoms with van der Waals surface area (Å²) >= 11 is 0. The molecule has 1 amide bonds. The van der Waals surface area contributed by atoms with E-state index in [0.29, 0.717) is 12.1 Å². The summed E-state index contributed by atoms with van der Waals surface area (Å²) in [5.74, 6) is -0.520. The molecule has 1 aliphatic heterocycles. The number of sulfonamides is 1. The molecule has 0 aliphatic carbocycles. The molecule has 0 saturated carbocycles. The summed E-state index contributed by atoms with van der Waals surface area (Å²) in [5.41, 5.74) is -0.945. The normalized spacial score (nSPS) is 19.4. The maximum Gasteiger partial charge on any atom is 0.416 e. The van der Waals surface area contributed by atoms with Crippen LogP contribution in [-0.2, 0) is 21.0 Å². The second-order valence-electron chi connectivity index (χ2n) is 4.34. The fraction of sp³-hybridized carbons (Fsp3) is 0.250. The molecule has 0 radical (unpaired) electrons. The second kappa shape index (κ2) is 5.49. The molecule has 0 bridgehead atoms. The summed E-state index contributed by atoms with van der Waals surface area (Å²) in [6, 6.07) is 2.07. The van der Waals surface area contributed by atoms with Gasteiger partial charge in [-0.25, -0.2) is 8.42 Å². The van der Waals surface area contributed by atoms with Crippen LogP contribution in [0.5, 0.6) is 0 Å². The van der Waals surface area contributed by atoms with Gasteiger partial charge in [-0.2, -0.15) is 17.9 Å². The van der Waals surface area contributed by atoms with Crippen LogP contribution in [0.2, 0.25) is 0 Å². The molecule has 21 heavy (non-hydrogen) atoms. The first-order chi connectivity index (χ1) is 9.70. The molecule has 1 atom stereocenters. The Kier molecular flexibility index (Phi) is 4.06. The van der Waals surface area contributed by atoms with Crippen LogP contribution in [-0.4, -0.2) is 20.4 Å². The number of alkyl halides is 3. The zero-order valence-corrected chi connectivity index (χ0v) is 11.3. The average molecular weight is 320 g/mol. The number of hydrogen-bond acceptors (Lipinski definition) is 3. The minimum absolute atomic E-state index is 0.172. The summed E-state index contributed by atoms with van der Waals surface area (Å²) in [5, 5.41) is 2.34. The van der Waals surface area contributed by atoms with Crippen LogP contribution in [0.1, 0.15) is 12.0 Å². The molecule has 0 aromatic heterocycles. The first-order valence-corrected chi connectivity index (χ1v) is 7.33. The molecule has 1 aliphatic rings. The van der Waals surface area contributed by atoms with Crippen molar-refractivity contribution in [3.63, 3.8) is 0 Å². The quantitative estimate of drug-likeness (QED) is 0.884. The van der Waals surface area contributed by atoms with Gasteiger partial charge in [0, 0.05) is 0 Å². The van der Waals surface area contributed by atoms with Crippen molar-refractivity contribution in [3.05, 3.63) is 42.1 Å². The van der Waals surface area contributed by atoms with E-state index in [-0.39, 0.29) is 11.3 Å². The van der Waals surface area contributed by atoms with Gasteiger partial charge in [-0.1, -0.05) is 6.08 Å². The summed E-state index contributed by atoms with van der Waals surface area (Å²) in [6.45, 7) is 0. The highest BCUT2D eigenvalue weighted by molar-refractivity contribution is 7.89. The third-order valence-electron chi connectivity index (χ3n) is 2.82. The van der Waals surface area contributed by atoms with Gasteiger partial charge >= 0.3 is 6.18 Å². The molecule has 5 nitrogen and oxygen atoms in total. The van der Waals surface area contributed by atoms with Gasteiger partial charge in [0.2, 0.25) is 15.9 Å². The van der Waals surface area contributed by atoms with Crippen LogP contribution in [0.3, 0.4) is 0 Å². The summed E-state index contributed by atoms with van der Waals surface area (Å²) in [4.78, 5) is 11.1. The fourth-order valence-electron chi connectivity index (χ4n) is 1.73. The van der Waals surface area contributed by atoms with Gasteiger partial charge in [0.1, 0.15) is 6.04 Å². The maximum atomic E-state index is 12.4. The Morgan fingerprint density at radius 1 is 1.19 bits per heavy atom. The molecule has 1 aromatic carbocycles. The highest BCUT2D eigenvalue weighted by Crippen LogP contribution is 2.29. The Bertz CT molecular complexity index is 666.